The molecule has 1 N–H and O–H groups in total. The van der Waals surface area contributed by atoms with Crippen molar-refractivity contribution in [3.8, 4) is 0 Å². The third kappa shape index (κ3) is 2.76. The molecular weight excluding hydrogens is 405 g/mol. The third-order valence-electron chi connectivity index (χ3n) is 3.31. The van der Waals surface area contributed by atoms with Crippen molar-refractivity contribution in [3.63, 3.8) is 0 Å². The molecule has 1 atom stereocenters. The van der Waals surface area contributed by atoms with Crippen LogP contribution in [0, 0.1) is 5.82 Å². The highest BCUT2D eigenvalue weighted by Crippen LogP contribution is 2.41. The molecule has 1 nitrogen and oxygen atoms in total. The number of thioether (sulfide) groups is 1. The lowest BCUT2D eigenvalue weighted by atomic mass is 10.0. The Morgan fingerprint density at radius 3 is 2.55 bits per heavy atom. The Balaban J connectivity index is 1.96. The van der Waals surface area contributed by atoms with Gasteiger partial charge >= 0.3 is 0 Å². The summed E-state index contributed by atoms with van der Waals surface area (Å²) in [5.41, 5.74) is 2.06. The number of para-hydroxylation sites is 1. The molecule has 5 heteroatoms. The molecule has 0 saturated carbocycles. The number of hydrogen-bond donors (Lipinski definition) is 1. The third-order valence-corrected chi connectivity index (χ3v) is 5.79. The standard InChI is InChI=1S/C15H12Br2FNS/c16-10-4-2-5-11(17)14(10)19-13-7-8-20-15-9(13)3-1-6-12(15)18/h1-6,13,19H,7-8H2. The summed E-state index contributed by atoms with van der Waals surface area (Å²) in [5, 5.41) is 3.53. The van der Waals surface area contributed by atoms with Gasteiger partial charge < -0.3 is 5.32 Å². The molecule has 1 heterocycles. The van der Waals surface area contributed by atoms with Crippen molar-refractivity contribution in [2.75, 3.05) is 11.1 Å². The van der Waals surface area contributed by atoms with E-state index in [0.717, 1.165) is 37.3 Å². The number of benzene rings is 2. The first-order chi connectivity index (χ1) is 9.66. The minimum absolute atomic E-state index is 0.120. The van der Waals surface area contributed by atoms with Gasteiger partial charge in [-0.2, -0.15) is 0 Å². The van der Waals surface area contributed by atoms with E-state index in [9.17, 15) is 4.39 Å². The number of hydrogen-bond acceptors (Lipinski definition) is 2. The molecule has 20 heavy (non-hydrogen) atoms. The second-order valence-corrected chi connectivity index (χ2v) is 7.40. The number of halogens is 3. The zero-order valence-corrected chi connectivity index (χ0v) is 14.5. The van der Waals surface area contributed by atoms with E-state index in [1.807, 2.05) is 24.3 Å². The molecule has 104 valence electrons. The van der Waals surface area contributed by atoms with Crippen LogP contribution in [0.4, 0.5) is 10.1 Å². The first-order valence-electron chi connectivity index (χ1n) is 6.28. The van der Waals surface area contributed by atoms with E-state index in [1.54, 1.807) is 17.8 Å². The summed E-state index contributed by atoms with van der Waals surface area (Å²) in [4.78, 5) is 0.777. The Hall–Kier alpha value is -0.520. The smallest absolute Gasteiger partial charge is 0.137 e. The van der Waals surface area contributed by atoms with Gasteiger partial charge in [-0.15, -0.1) is 11.8 Å². The predicted octanol–water partition coefficient (Wildman–Crippen LogP) is 6.00. The highest BCUT2D eigenvalue weighted by atomic mass is 79.9. The maximum atomic E-state index is 13.9. The average molecular weight is 417 g/mol. The molecule has 0 bridgehead atoms. The summed E-state index contributed by atoms with van der Waals surface area (Å²) in [6, 6.07) is 11.4. The Morgan fingerprint density at radius 1 is 1.10 bits per heavy atom. The van der Waals surface area contributed by atoms with Crippen molar-refractivity contribution in [2.45, 2.75) is 17.4 Å². The molecule has 0 aliphatic carbocycles. The van der Waals surface area contributed by atoms with E-state index in [4.69, 9.17) is 0 Å². The summed E-state index contributed by atoms with van der Waals surface area (Å²) >= 11 is 8.71. The van der Waals surface area contributed by atoms with Crippen LogP contribution in [-0.4, -0.2) is 5.75 Å². The molecule has 1 aliphatic rings. The topological polar surface area (TPSA) is 12.0 Å². The predicted molar refractivity (Wildman–Crippen MR) is 89.9 cm³/mol. The maximum Gasteiger partial charge on any atom is 0.137 e. The van der Waals surface area contributed by atoms with Crippen molar-refractivity contribution >= 4 is 49.3 Å². The summed E-state index contributed by atoms with van der Waals surface area (Å²) in [7, 11) is 0. The highest BCUT2D eigenvalue weighted by Gasteiger charge is 2.24. The second-order valence-electron chi connectivity index (χ2n) is 4.59. The van der Waals surface area contributed by atoms with E-state index < -0.39 is 0 Å². The molecule has 2 aromatic rings. The van der Waals surface area contributed by atoms with Crippen molar-refractivity contribution < 1.29 is 4.39 Å². The monoisotopic (exact) mass is 415 g/mol. The molecule has 0 radical (unpaired) electrons. The van der Waals surface area contributed by atoms with Gasteiger partial charge in [0.25, 0.3) is 0 Å². The molecule has 1 aliphatic heterocycles. The molecule has 1 unspecified atom stereocenters. The van der Waals surface area contributed by atoms with Gasteiger partial charge in [0.15, 0.2) is 0 Å². The van der Waals surface area contributed by atoms with E-state index in [2.05, 4.69) is 37.2 Å². The second kappa shape index (κ2) is 6.08. The molecular formula is C15H12Br2FNS. The SMILES string of the molecule is Fc1cccc2c1SCCC2Nc1c(Br)cccc1Br. The number of nitrogens with one attached hydrogen (secondary N) is 1. The van der Waals surface area contributed by atoms with Gasteiger partial charge in [0, 0.05) is 19.6 Å². The highest BCUT2D eigenvalue weighted by molar-refractivity contribution is 9.11. The zero-order valence-electron chi connectivity index (χ0n) is 10.5. The van der Waals surface area contributed by atoms with Crippen LogP contribution in [0.2, 0.25) is 0 Å². The molecule has 0 fully saturated rings. The van der Waals surface area contributed by atoms with E-state index in [-0.39, 0.29) is 11.9 Å². The Labute approximate surface area is 138 Å². The fourth-order valence-electron chi connectivity index (χ4n) is 2.35. The van der Waals surface area contributed by atoms with Gasteiger partial charge in [-0.1, -0.05) is 18.2 Å². The van der Waals surface area contributed by atoms with Gasteiger partial charge in [-0.05, 0) is 62.0 Å². The normalized spacial score (nSPS) is 17.6. The lowest BCUT2D eigenvalue weighted by molar-refractivity contribution is 0.585. The van der Waals surface area contributed by atoms with Crippen LogP contribution in [0.1, 0.15) is 18.0 Å². The average Bonchev–Trinajstić information content (AvgIpc) is 2.44. The van der Waals surface area contributed by atoms with Crippen molar-refractivity contribution in [1.82, 2.24) is 0 Å². The number of anilines is 1. The fraction of sp³-hybridized carbons (Fsp3) is 0.200. The number of rotatable bonds is 2. The van der Waals surface area contributed by atoms with Gasteiger partial charge in [0.05, 0.1) is 11.7 Å². The largest absolute Gasteiger partial charge is 0.376 e. The maximum absolute atomic E-state index is 13.9. The van der Waals surface area contributed by atoms with Crippen molar-refractivity contribution in [2.24, 2.45) is 0 Å². The summed E-state index contributed by atoms with van der Waals surface area (Å²) in [6.45, 7) is 0. The first-order valence-corrected chi connectivity index (χ1v) is 8.85. The van der Waals surface area contributed by atoms with E-state index in [0.29, 0.717) is 0 Å². The van der Waals surface area contributed by atoms with Gasteiger partial charge in [-0.25, -0.2) is 4.39 Å². The van der Waals surface area contributed by atoms with Crippen LogP contribution >= 0.6 is 43.6 Å². The lowest BCUT2D eigenvalue weighted by Gasteiger charge is -2.28. The van der Waals surface area contributed by atoms with Crippen LogP contribution in [0.3, 0.4) is 0 Å². The van der Waals surface area contributed by atoms with E-state index >= 15 is 0 Å². The molecule has 0 spiro atoms. The van der Waals surface area contributed by atoms with Crippen LogP contribution in [0.15, 0.2) is 50.2 Å². The molecule has 0 amide bonds. The van der Waals surface area contributed by atoms with Crippen molar-refractivity contribution in [1.29, 1.82) is 0 Å². The molecule has 0 aromatic heterocycles. The Kier molecular flexibility index (Phi) is 4.38. The van der Waals surface area contributed by atoms with Crippen LogP contribution in [0.25, 0.3) is 0 Å². The molecule has 0 saturated heterocycles. The van der Waals surface area contributed by atoms with Crippen molar-refractivity contribution in [3.05, 3.63) is 56.7 Å². The van der Waals surface area contributed by atoms with Crippen LogP contribution in [-0.2, 0) is 0 Å². The Morgan fingerprint density at radius 2 is 1.80 bits per heavy atom. The van der Waals surface area contributed by atoms with E-state index in [1.165, 1.54) is 6.07 Å². The van der Waals surface area contributed by atoms with Gasteiger partial charge in [0.1, 0.15) is 5.82 Å². The fourth-order valence-corrected chi connectivity index (χ4v) is 4.71. The summed E-state index contributed by atoms with van der Waals surface area (Å²) < 4.78 is 15.9. The number of fused-ring (bicyclic) bond motifs is 1. The summed E-state index contributed by atoms with van der Waals surface area (Å²) in [6.07, 6.45) is 0.981. The minimum Gasteiger partial charge on any atom is -0.376 e. The van der Waals surface area contributed by atoms with Crippen LogP contribution in [0.5, 0.6) is 0 Å². The molecule has 3 rings (SSSR count). The first kappa shape index (κ1) is 14.4. The summed E-state index contributed by atoms with van der Waals surface area (Å²) in [5.74, 6) is 0.804. The van der Waals surface area contributed by atoms with Crippen LogP contribution < -0.4 is 5.32 Å². The molecule has 2 aromatic carbocycles. The van der Waals surface area contributed by atoms with Gasteiger partial charge in [0.2, 0.25) is 0 Å². The quantitative estimate of drug-likeness (QED) is 0.644. The minimum atomic E-state index is -0.120. The zero-order chi connectivity index (χ0) is 14.1. The van der Waals surface area contributed by atoms with Gasteiger partial charge in [-0.3, -0.25) is 0 Å². The Bertz CT molecular complexity index is 628. The lowest BCUT2D eigenvalue weighted by Crippen LogP contribution is -2.17.